The number of hydrogen-bond acceptors (Lipinski definition) is 3. The summed E-state index contributed by atoms with van der Waals surface area (Å²) in [6.45, 7) is 0.463. The summed E-state index contributed by atoms with van der Waals surface area (Å²) in [6.07, 6.45) is 0. The van der Waals surface area contributed by atoms with E-state index in [1.165, 1.54) is 0 Å². The van der Waals surface area contributed by atoms with Gasteiger partial charge in [0.15, 0.2) is 11.5 Å². The van der Waals surface area contributed by atoms with Crippen LogP contribution in [-0.2, 0) is 11.3 Å². The first-order chi connectivity index (χ1) is 13.2. The molecule has 0 aliphatic carbocycles. The van der Waals surface area contributed by atoms with Crippen LogP contribution in [0.3, 0.4) is 0 Å². The summed E-state index contributed by atoms with van der Waals surface area (Å²) in [5, 5.41) is 0. The molecule has 3 aromatic carbocycles. The Morgan fingerprint density at radius 3 is 2.11 bits per heavy atom. The number of amides is 2. The fourth-order valence-electron chi connectivity index (χ4n) is 3.65. The third kappa shape index (κ3) is 2.47. The molecule has 5 heteroatoms. The van der Waals surface area contributed by atoms with Gasteiger partial charge in [-0.2, -0.15) is 0 Å². The van der Waals surface area contributed by atoms with Crippen LogP contribution in [0.2, 0.25) is 0 Å². The van der Waals surface area contributed by atoms with Crippen LogP contribution >= 0.6 is 0 Å². The fraction of sp³-hybridized carbons (Fsp3) is 0.0909. The number of carbonyl (C=O) groups is 2. The maximum absolute atomic E-state index is 13.3. The van der Waals surface area contributed by atoms with E-state index in [4.69, 9.17) is 4.74 Å². The van der Waals surface area contributed by atoms with E-state index in [0.29, 0.717) is 35.0 Å². The summed E-state index contributed by atoms with van der Waals surface area (Å²) >= 11 is 0. The number of benzene rings is 3. The molecule has 27 heavy (non-hydrogen) atoms. The minimum atomic E-state index is -0.167. The lowest BCUT2D eigenvalue weighted by atomic mass is 10.1. The van der Waals surface area contributed by atoms with Crippen molar-refractivity contribution in [1.82, 2.24) is 4.90 Å². The zero-order valence-corrected chi connectivity index (χ0v) is 14.5. The van der Waals surface area contributed by atoms with E-state index in [0.717, 1.165) is 5.56 Å². The van der Waals surface area contributed by atoms with Crippen molar-refractivity contribution < 1.29 is 14.3 Å². The highest BCUT2D eigenvalue weighted by molar-refractivity contribution is 6.08. The van der Waals surface area contributed by atoms with Crippen molar-refractivity contribution in [3.05, 3.63) is 83.9 Å². The number of nitrogens with zero attached hydrogens (tertiary/aromatic N) is 2. The molecule has 0 saturated heterocycles. The van der Waals surface area contributed by atoms with E-state index >= 15 is 0 Å². The van der Waals surface area contributed by atoms with Gasteiger partial charge in [-0.1, -0.05) is 42.5 Å². The summed E-state index contributed by atoms with van der Waals surface area (Å²) in [5.74, 6) is 0.981. The summed E-state index contributed by atoms with van der Waals surface area (Å²) in [5.41, 5.74) is 3.00. The standard InChI is InChI=1S/C22H16N2O3/c25-21(14-23-13-15-7-1-2-8-16(15)22(23)26)24-17-9-3-5-11-19(17)27-20-12-6-4-10-18(20)24/h1-12H,13-14H2. The lowest BCUT2D eigenvalue weighted by molar-refractivity contribution is -0.118. The van der Waals surface area contributed by atoms with Crippen LogP contribution in [0.1, 0.15) is 15.9 Å². The highest BCUT2D eigenvalue weighted by Crippen LogP contribution is 2.46. The molecular weight excluding hydrogens is 340 g/mol. The molecule has 2 amide bonds. The van der Waals surface area contributed by atoms with Gasteiger partial charge >= 0.3 is 0 Å². The van der Waals surface area contributed by atoms with Gasteiger partial charge in [-0.3, -0.25) is 14.5 Å². The first kappa shape index (κ1) is 15.6. The van der Waals surface area contributed by atoms with E-state index < -0.39 is 0 Å². The molecule has 3 aromatic rings. The van der Waals surface area contributed by atoms with Gasteiger partial charge in [0.25, 0.3) is 11.8 Å². The Labute approximate surface area is 156 Å². The largest absolute Gasteiger partial charge is 0.453 e. The van der Waals surface area contributed by atoms with Crippen LogP contribution < -0.4 is 9.64 Å². The first-order valence-corrected chi connectivity index (χ1v) is 8.78. The number of carbonyl (C=O) groups excluding carboxylic acids is 2. The molecule has 2 aliphatic heterocycles. The summed E-state index contributed by atoms with van der Waals surface area (Å²) in [6, 6.07) is 22.3. The quantitative estimate of drug-likeness (QED) is 0.694. The molecule has 0 aromatic heterocycles. The van der Waals surface area contributed by atoms with Gasteiger partial charge in [0.2, 0.25) is 0 Å². The molecule has 0 unspecified atom stereocenters. The lowest BCUT2D eigenvalue weighted by Gasteiger charge is -2.32. The topological polar surface area (TPSA) is 49.9 Å². The predicted molar refractivity (Wildman–Crippen MR) is 101 cm³/mol. The SMILES string of the molecule is O=C1c2ccccc2CN1CC(=O)N1c2ccccc2Oc2ccccc21. The Hall–Kier alpha value is -3.60. The Balaban J connectivity index is 1.49. The molecule has 0 spiro atoms. The van der Waals surface area contributed by atoms with Crippen molar-refractivity contribution in [3.8, 4) is 11.5 Å². The van der Waals surface area contributed by atoms with Gasteiger partial charge in [-0.15, -0.1) is 0 Å². The van der Waals surface area contributed by atoms with Crippen LogP contribution in [0.15, 0.2) is 72.8 Å². The van der Waals surface area contributed by atoms with Crippen molar-refractivity contribution in [3.63, 3.8) is 0 Å². The molecule has 2 heterocycles. The van der Waals surface area contributed by atoms with E-state index in [-0.39, 0.29) is 18.4 Å². The molecule has 0 radical (unpaired) electrons. The molecule has 132 valence electrons. The van der Waals surface area contributed by atoms with Crippen LogP contribution in [0.4, 0.5) is 11.4 Å². The van der Waals surface area contributed by atoms with Crippen LogP contribution in [0.5, 0.6) is 11.5 Å². The number of fused-ring (bicyclic) bond motifs is 3. The first-order valence-electron chi connectivity index (χ1n) is 8.78. The van der Waals surface area contributed by atoms with Gasteiger partial charge in [0, 0.05) is 12.1 Å². The molecule has 0 atom stereocenters. The van der Waals surface area contributed by atoms with Crippen molar-refractivity contribution in [2.75, 3.05) is 11.4 Å². The molecule has 5 nitrogen and oxygen atoms in total. The maximum atomic E-state index is 13.3. The smallest absolute Gasteiger partial charge is 0.254 e. The molecule has 0 bridgehead atoms. The van der Waals surface area contributed by atoms with Crippen molar-refractivity contribution in [2.45, 2.75) is 6.54 Å². The third-order valence-corrected chi connectivity index (χ3v) is 4.90. The number of ether oxygens (including phenoxy) is 1. The molecular formula is C22H16N2O3. The second-order valence-electron chi connectivity index (χ2n) is 6.59. The summed E-state index contributed by atoms with van der Waals surface area (Å²) in [7, 11) is 0. The van der Waals surface area contributed by atoms with Gasteiger partial charge in [-0.25, -0.2) is 0 Å². The van der Waals surface area contributed by atoms with E-state index in [1.807, 2.05) is 72.8 Å². The normalized spacial score (nSPS) is 14.3. The number of para-hydroxylation sites is 4. The van der Waals surface area contributed by atoms with E-state index in [9.17, 15) is 9.59 Å². The zero-order valence-electron chi connectivity index (χ0n) is 14.5. The average Bonchev–Trinajstić information content (AvgIpc) is 3.01. The van der Waals surface area contributed by atoms with Crippen LogP contribution in [-0.4, -0.2) is 23.3 Å². The van der Waals surface area contributed by atoms with Crippen molar-refractivity contribution in [2.24, 2.45) is 0 Å². The summed E-state index contributed by atoms with van der Waals surface area (Å²) in [4.78, 5) is 29.1. The minimum absolute atomic E-state index is 0.0101. The Morgan fingerprint density at radius 1 is 0.852 bits per heavy atom. The Morgan fingerprint density at radius 2 is 1.44 bits per heavy atom. The predicted octanol–water partition coefficient (Wildman–Crippen LogP) is 4.11. The van der Waals surface area contributed by atoms with Gasteiger partial charge in [0.1, 0.15) is 6.54 Å². The Bertz CT molecular complexity index is 1030. The van der Waals surface area contributed by atoms with Crippen LogP contribution in [0.25, 0.3) is 0 Å². The Kier molecular flexibility index (Phi) is 3.47. The summed E-state index contributed by atoms with van der Waals surface area (Å²) < 4.78 is 5.93. The fourth-order valence-corrected chi connectivity index (χ4v) is 3.65. The highest BCUT2D eigenvalue weighted by atomic mass is 16.5. The second-order valence-corrected chi connectivity index (χ2v) is 6.59. The lowest BCUT2D eigenvalue weighted by Crippen LogP contribution is -2.39. The molecule has 0 N–H and O–H groups in total. The van der Waals surface area contributed by atoms with Crippen molar-refractivity contribution >= 4 is 23.2 Å². The van der Waals surface area contributed by atoms with Gasteiger partial charge in [-0.05, 0) is 35.9 Å². The highest BCUT2D eigenvalue weighted by Gasteiger charge is 2.33. The van der Waals surface area contributed by atoms with E-state index in [1.54, 1.807) is 9.80 Å². The van der Waals surface area contributed by atoms with Crippen LogP contribution in [0, 0.1) is 0 Å². The number of rotatable bonds is 2. The monoisotopic (exact) mass is 356 g/mol. The minimum Gasteiger partial charge on any atom is -0.453 e. The third-order valence-electron chi connectivity index (χ3n) is 4.90. The molecule has 5 rings (SSSR count). The average molecular weight is 356 g/mol. The number of hydrogen-bond donors (Lipinski definition) is 0. The second kappa shape index (κ2) is 5.99. The molecule has 0 fully saturated rings. The molecule has 0 saturated carbocycles. The zero-order chi connectivity index (χ0) is 18.4. The van der Waals surface area contributed by atoms with Crippen molar-refractivity contribution in [1.29, 1.82) is 0 Å². The maximum Gasteiger partial charge on any atom is 0.254 e. The van der Waals surface area contributed by atoms with E-state index in [2.05, 4.69) is 0 Å². The molecule has 2 aliphatic rings. The van der Waals surface area contributed by atoms with Gasteiger partial charge in [0.05, 0.1) is 11.4 Å². The van der Waals surface area contributed by atoms with Gasteiger partial charge < -0.3 is 9.64 Å². The number of anilines is 2.